The maximum Gasteiger partial charge on any atom is 0.305 e. The third-order valence-corrected chi connectivity index (χ3v) is 18.0. The van der Waals surface area contributed by atoms with E-state index in [2.05, 4.69) is 43.5 Å². The lowest BCUT2D eigenvalue weighted by Crippen LogP contribution is -2.45. The van der Waals surface area contributed by atoms with E-state index in [1.165, 1.54) is 353 Å². The average Bonchev–Trinajstić information content (AvgIpc) is 3.49. The Hall–Kier alpha value is -1.66. The zero-order valence-corrected chi connectivity index (χ0v) is 56.5. The van der Waals surface area contributed by atoms with Crippen molar-refractivity contribution in [2.75, 3.05) is 13.2 Å². The third-order valence-electron chi connectivity index (χ3n) is 18.0. The number of carbonyl (C=O) groups is 2. The summed E-state index contributed by atoms with van der Waals surface area (Å²) in [7, 11) is 0. The second kappa shape index (κ2) is 72.8. The first kappa shape index (κ1) is 81.3. The molecular formula is C77H149NO5. The van der Waals surface area contributed by atoms with Crippen molar-refractivity contribution in [3.8, 4) is 0 Å². The molecule has 0 aromatic carbocycles. The van der Waals surface area contributed by atoms with Gasteiger partial charge in [-0.2, -0.15) is 0 Å². The predicted octanol–water partition coefficient (Wildman–Crippen LogP) is 24.9. The largest absolute Gasteiger partial charge is 0.466 e. The molecule has 2 atom stereocenters. The van der Waals surface area contributed by atoms with Gasteiger partial charge in [0.05, 0.1) is 25.4 Å². The number of allylic oxidation sites excluding steroid dienone is 4. The molecule has 0 aliphatic heterocycles. The minimum absolute atomic E-state index is 0.0109. The Morgan fingerprint density at radius 3 is 0.892 bits per heavy atom. The molecule has 0 rings (SSSR count). The number of carbonyl (C=O) groups excluding carboxylic acids is 2. The lowest BCUT2D eigenvalue weighted by Gasteiger charge is -2.22. The Balaban J connectivity index is 3.33. The average molecular weight is 1170 g/mol. The second-order valence-corrected chi connectivity index (χ2v) is 26.3. The van der Waals surface area contributed by atoms with Gasteiger partial charge in [-0.3, -0.25) is 9.59 Å². The van der Waals surface area contributed by atoms with E-state index < -0.39 is 12.1 Å². The Morgan fingerprint density at radius 2 is 0.578 bits per heavy atom. The first-order chi connectivity index (χ1) is 41.0. The molecule has 0 heterocycles. The number of aliphatic hydroxyl groups is 2. The van der Waals surface area contributed by atoms with E-state index in [1.54, 1.807) is 0 Å². The Kier molecular flexibility index (Phi) is 71.4. The van der Waals surface area contributed by atoms with Crippen LogP contribution in [0, 0.1) is 0 Å². The smallest absolute Gasteiger partial charge is 0.305 e. The van der Waals surface area contributed by atoms with Gasteiger partial charge >= 0.3 is 5.97 Å². The van der Waals surface area contributed by atoms with E-state index in [-0.39, 0.29) is 18.5 Å². The SMILES string of the molecule is CCCC/C=C\CCCCCCCC(=O)OCCCCCCCCCCCCCCCCCC/C=C\CCCCCCCCCCCCCCCCCCCC(=O)NC(CO)C(O)CCCCCCCCCCCCCCCCCCCC. The van der Waals surface area contributed by atoms with Crippen LogP contribution in [0.2, 0.25) is 0 Å². The summed E-state index contributed by atoms with van der Waals surface area (Å²) in [6, 6.07) is -0.538. The molecular weight excluding hydrogens is 1020 g/mol. The molecule has 83 heavy (non-hydrogen) atoms. The van der Waals surface area contributed by atoms with Crippen molar-refractivity contribution in [3.05, 3.63) is 24.3 Å². The molecule has 0 aromatic heterocycles. The van der Waals surface area contributed by atoms with E-state index >= 15 is 0 Å². The summed E-state index contributed by atoms with van der Waals surface area (Å²) in [5.41, 5.74) is 0. The summed E-state index contributed by atoms with van der Waals surface area (Å²) in [5.74, 6) is -0.0157. The molecule has 2 unspecified atom stereocenters. The molecule has 0 saturated heterocycles. The van der Waals surface area contributed by atoms with E-state index in [4.69, 9.17) is 4.74 Å². The number of esters is 1. The van der Waals surface area contributed by atoms with Crippen molar-refractivity contribution >= 4 is 11.9 Å². The van der Waals surface area contributed by atoms with Crippen LogP contribution in [0.15, 0.2) is 24.3 Å². The molecule has 6 heteroatoms. The van der Waals surface area contributed by atoms with Crippen LogP contribution in [0.1, 0.15) is 431 Å². The Morgan fingerprint density at radius 1 is 0.325 bits per heavy atom. The topological polar surface area (TPSA) is 95.9 Å². The van der Waals surface area contributed by atoms with Crippen molar-refractivity contribution in [3.63, 3.8) is 0 Å². The molecule has 0 fully saturated rings. The standard InChI is InChI=1S/C77H149NO5/c1-3-5-7-9-11-13-15-16-17-18-40-43-46-50-53-57-61-65-69-75(80)74(73-79)78-76(81)70-66-62-58-54-51-47-44-41-38-36-34-32-30-28-26-24-22-20-19-21-23-25-27-29-31-33-35-37-39-42-45-48-52-56-60-64-68-72-83-77(82)71-67-63-59-55-49-14-12-10-8-6-4-2/h10,12,19,21,74-75,79-80H,3-9,11,13-18,20,22-73H2,1-2H3,(H,78,81)/b12-10-,21-19-. The maximum atomic E-state index is 12.5. The summed E-state index contributed by atoms with van der Waals surface area (Å²) in [4.78, 5) is 24.5. The number of aliphatic hydroxyl groups excluding tert-OH is 2. The zero-order chi connectivity index (χ0) is 59.9. The van der Waals surface area contributed by atoms with Crippen LogP contribution in [-0.2, 0) is 14.3 Å². The number of ether oxygens (including phenoxy) is 1. The van der Waals surface area contributed by atoms with E-state index in [1.807, 2.05) is 0 Å². The Bertz CT molecular complexity index is 1300. The fourth-order valence-corrected chi connectivity index (χ4v) is 12.2. The van der Waals surface area contributed by atoms with Gasteiger partial charge < -0.3 is 20.3 Å². The first-order valence-electron chi connectivity index (χ1n) is 38.1. The Labute approximate surface area is 520 Å². The lowest BCUT2D eigenvalue weighted by molar-refractivity contribution is -0.143. The van der Waals surface area contributed by atoms with Crippen molar-refractivity contribution in [1.29, 1.82) is 0 Å². The third kappa shape index (κ3) is 69.3. The van der Waals surface area contributed by atoms with E-state index in [0.29, 0.717) is 25.9 Å². The van der Waals surface area contributed by atoms with E-state index in [0.717, 1.165) is 44.9 Å². The van der Waals surface area contributed by atoms with Crippen LogP contribution in [0.4, 0.5) is 0 Å². The highest BCUT2D eigenvalue weighted by Gasteiger charge is 2.20. The molecule has 6 nitrogen and oxygen atoms in total. The fourth-order valence-electron chi connectivity index (χ4n) is 12.2. The minimum atomic E-state index is -0.662. The summed E-state index contributed by atoms with van der Waals surface area (Å²) in [6.07, 6.45) is 92.7. The van der Waals surface area contributed by atoms with Gasteiger partial charge in [-0.15, -0.1) is 0 Å². The van der Waals surface area contributed by atoms with Crippen molar-refractivity contribution < 1.29 is 24.5 Å². The van der Waals surface area contributed by atoms with Crippen LogP contribution in [0.25, 0.3) is 0 Å². The monoisotopic (exact) mass is 1170 g/mol. The zero-order valence-electron chi connectivity index (χ0n) is 56.5. The molecule has 492 valence electrons. The second-order valence-electron chi connectivity index (χ2n) is 26.3. The van der Waals surface area contributed by atoms with Gasteiger partial charge in [-0.1, -0.05) is 372 Å². The number of nitrogens with one attached hydrogen (secondary N) is 1. The van der Waals surface area contributed by atoms with E-state index in [9.17, 15) is 19.8 Å². The number of unbranched alkanes of at least 4 members (excludes halogenated alkanes) is 57. The molecule has 0 bridgehead atoms. The quantitative estimate of drug-likeness (QED) is 0.0320. The molecule has 0 aliphatic carbocycles. The van der Waals surface area contributed by atoms with Crippen LogP contribution in [0.3, 0.4) is 0 Å². The fraction of sp³-hybridized carbons (Fsp3) is 0.922. The van der Waals surface area contributed by atoms with Crippen LogP contribution < -0.4 is 5.32 Å². The summed E-state index contributed by atoms with van der Waals surface area (Å²) in [5, 5.41) is 23.4. The van der Waals surface area contributed by atoms with Crippen molar-refractivity contribution in [2.45, 2.75) is 443 Å². The highest BCUT2D eigenvalue weighted by Crippen LogP contribution is 2.20. The highest BCUT2D eigenvalue weighted by molar-refractivity contribution is 5.76. The van der Waals surface area contributed by atoms with Gasteiger partial charge in [0.25, 0.3) is 0 Å². The minimum Gasteiger partial charge on any atom is -0.466 e. The summed E-state index contributed by atoms with van der Waals surface area (Å²) in [6.45, 7) is 4.96. The van der Waals surface area contributed by atoms with Gasteiger partial charge in [0.1, 0.15) is 0 Å². The lowest BCUT2D eigenvalue weighted by atomic mass is 10.0. The van der Waals surface area contributed by atoms with Crippen molar-refractivity contribution in [2.24, 2.45) is 0 Å². The number of rotatable bonds is 72. The molecule has 0 spiro atoms. The number of amides is 1. The van der Waals surface area contributed by atoms with Crippen LogP contribution in [-0.4, -0.2) is 47.4 Å². The van der Waals surface area contributed by atoms with Crippen LogP contribution in [0.5, 0.6) is 0 Å². The molecule has 1 amide bonds. The first-order valence-corrected chi connectivity index (χ1v) is 38.1. The van der Waals surface area contributed by atoms with Crippen LogP contribution >= 0.6 is 0 Å². The molecule has 3 N–H and O–H groups in total. The predicted molar refractivity (Wildman–Crippen MR) is 366 cm³/mol. The molecule has 0 aromatic rings. The van der Waals surface area contributed by atoms with Gasteiger partial charge in [-0.05, 0) is 70.6 Å². The summed E-state index contributed by atoms with van der Waals surface area (Å²) >= 11 is 0. The normalized spacial score (nSPS) is 12.6. The van der Waals surface area contributed by atoms with Gasteiger partial charge in [0.2, 0.25) is 5.91 Å². The van der Waals surface area contributed by atoms with Gasteiger partial charge in [0.15, 0.2) is 0 Å². The summed E-state index contributed by atoms with van der Waals surface area (Å²) < 4.78 is 5.47. The maximum absolute atomic E-state index is 12.5. The number of hydrogen-bond donors (Lipinski definition) is 3. The van der Waals surface area contributed by atoms with Gasteiger partial charge in [0, 0.05) is 12.8 Å². The highest BCUT2D eigenvalue weighted by atomic mass is 16.5. The molecule has 0 radical (unpaired) electrons. The molecule has 0 saturated carbocycles. The number of hydrogen-bond acceptors (Lipinski definition) is 5. The van der Waals surface area contributed by atoms with Gasteiger partial charge in [-0.25, -0.2) is 0 Å². The van der Waals surface area contributed by atoms with Crippen molar-refractivity contribution in [1.82, 2.24) is 5.32 Å². The molecule has 0 aliphatic rings.